The fraction of sp³-hybridized carbons (Fsp3) is 0. The first-order valence-corrected chi connectivity index (χ1v) is 7.50. The van der Waals surface area contributed by atoms with Gasteiger partial charge in [0.05, 0.1) is 15.6 Å². The Hall–Kier alpha value is -2.17. The summed E-state index contributed by atoms with van der Waals surface area (Å²) in [6.45, 7) is 0. The molecule has 0 unspecified atom stereocenters. The van der Waals surface area contributed by atoms with Crippen LogP contribution in [0.4, 0.5) is 0 Å². The zero-order valence-corrected chi connectivity index (χ0v) is 12.2. The second-order valence-electron chi connectivity index (χ2n) is 4.59. The fourth-order valence-electron chi connectivity index (χ4n) is 2.35. The quantitative estimate of drug-likeness (QED) is 0.510. The van der Waals surface area contributed by atoms with E-state index in [2.05, 4.69) is 4.98 Å². The van der Waals surface area contributed by atoms with Gasteiger partial charge in [-0.3, -0.25) is 4.79 Å². The molecule has 102 valence electrons. The van der Waals surface area contributed by atoms with Gasteiger partial charge in [-0.15, -0.1) is 11.3 Å². The number of fused-ring (bicyclic) bond motifs is 3. The number of rotatable bonds is 1. The molecule has 0 aliphatic carbocycles. The van der Waals surface area contributed by atoms with E-state index < -0.39 is 0 Å². The number of hydrogen-bond acceptors (Lipinski definition) is 4. The Bertz CT molecular complexity index is 1020. The van der Waals surface area contributed by atoms with E-state index in [4.69, 9.17) is 16.0 Å². The molecule has 0 saturated heterocycles. The van der Waals surface area contributed by atoms with E-state index >= 15 is 0 Å². The van der Waals surface area contributed by atoms with E-state index in [9.17, 15) is 4.79 Å². The number of halogens is 1. The lowest BCUT2D eigenvalue weighted by Crippen LogP contribution is -2.00. The standard InChI is InChI=1S/C16H8ClNO2S/c17-16-18-10-6-7-12-14(15(10)21-16)11(19)8-13(20-12)9-4-2-1-3-5-9/h1-8H. The molecule has 0 bridgehead atoms. The van der Waals surface area contributed by atoms with Gasteiger partial charge in [-0.05, 0) is 12.1 Å². The average molecular weight is 314 g/mol. The Labute approximate surface area is 128 Å². The minimum Gasteiger partial charge on any atom is -0.456 e. The van der Waals surface area contributed by atoms with Gasteiger partial charge in [-0.1, -0.05) is 41.9 Å². The van der Waals surface area contributed by atoms with Gasteiger partial charge in [0, 0.05) is 11.6 Å². The lowest BCUT2D eigenvalue weighted by molar-refractivity contribution is 0.619. The van der Waals surface area contributed by atoms with Crippen molar-refractivity contribution in [3.63, 3.8) is 0 Å². The second kappa shape index (κ2) is 4.69. The molecular weight excluding hydrogens is 306 g/mol. The smallest absolute Gasteiger partial charge is 0.194 e. The summed E-state index contributed by atoms with van der Waals surface area (Å²) in [7, 11) is 0. The molecule has 21 heavy (non-hydrogen) atoms. The summed E-state index contributed by atoms with van der Waals surface area (Å²) >= 11 is 7.23. The number of aromatic nitrogens is 1. The van der Waals surface area contributed by atoms with Crippen molar-refractivity contribution < 1.29 is 4.42 Å². The minimum absolute atomic E-state index is 0.0824. The van der Waals surface area contributed by atoms with Gasteiger partial charge < -0.3 is 4.42 Å². The normalized spacial score (nSPS) is 11.3. The van der Waals surface area contributed by atoms with Crippen LogP contribution in [0.2, 0.25) is 4.47 Å². The van der Waals surface area contributed by atoms with Gasteiger partial charge in [-0.2, -0.15) is 0 Å². The molecule has 2 aromatic carbocycles. The van der Waals surface area contributed by atoms with Gasteiger partial charge in [0.1, 0.15) is 11.3 Å². The van der Waals surface area contributed by atoms with Crippen molar-refractivity contribution in [1.29, 1.82) is 0 Å². The highest BCUT2D eigenvalue weighted by atomic mass is 35.5. The van der Waals surface area contributed by atoms with E-state index in [0.29, 0.717) is 21.2 Å². The molecule has 0 amide bonds. The largest absolute Gasteiger partial charge is 0.456 e. The zero-order valence-electron chi connectivity index (χ0n) is 10.7. The molecular formula is C16H8ClNO2S. The molecule has 3 nitrogen and oxygen atoms in total. The van der Waals surface area contributed by atoms with Crippen molar-refractivity contribution in [2.45, 2.75) is 0 Å². The van der Waals surface area contributed by atoms with Crippen LogP contribution in [-0.2, 0) is 0 Å². The van der Waals surface area contributed by atoms with Gasteiger partial charge in [-0.25, -0.2) is 4.98 Å². The number of nitrogens with zero attached hydrogens (tertiary/aromatic N) is 1. The maximum atomic E-state index is 12.5. The maximum absolute atomic E-state index is 12.5. The van der Waals surface area contributed by atoms with Crippen molar-refractivity contribution in [2.24, 2.45) is 0 Å². The fourth-order valence-corrected chi connectivity index (χ4v) is 3.51. The molecule has 0 N–H and O–H groups in total. The summed E-state index contributed by atoms with van der Waals surface area (Å²) in [5.41, 5.74) is 2.06. The third-order valence-corrected chi connectivity index (χ3v) is 4.47. The van der Waals surface area contributed by atoms with Gasteiger partial charge in [0.25, 0.3) is 0 Å². The highest BCUT2D eigenvalue weighted by molar-refractivity contribution is 7.23. The molecule has 5 heteroatoms. The Morgan fingerprint density at radius 3 is 2.71 bits per heavy atom. The van der Waals surface area contributed by atoms with E-state index in [-0.39, 0.29) is 5.43 Å². The van der Waals surface area contributed by atoms with Gasteiger partial charge in [0.2, 0.25) is 0 Å². The Balaban J connectivity index is 2.08. The molecule has 0 spiro atoms. The number of thiazole rings is 1. The first kappa shape index (κ1) is 12.6. The van der Waals surface area contributed by atoms with Gasteiger partial charge in [0.15, 0.2) is 9.90 Å². The average Bonchev–Trinajstić information content (AvgIpc) is 2.88. The van der Waals surface area contributed by atoms with Crippen LogP contribution < -0.4 is 5.43 Å². The number of hydrogen-bond donors (Lipinski definition) is 0. The highest BCUT2D eigenvalue weighted by Crippen LogP contribution is 2.32. The van der Waals surface area contributed by atoms with E-state index in [1.165, 1.54) is 17.4 Å². The third kappa shape index (κ3) is 2.04. The van der Waals surface area contributed by atoms with E-state index in [1.54, 1.807) is 6.07 Å². The van der Waals surface area contributed by atoms with Crippen molar-refractivity contribution in [3.8, 4) is 11.3 Å². The Morgan fingerprint density at radius 2 is 1.90 bits per heavy atom. The van der Waals surface area contributed by atoms with Crippen molar-refractivity contribution in [1.82, 2.24) is 4.98 Å². The molecule has 4 rings (SSSR count). The Kier molecular flexibility index (Phi) is 2.80. The Morgan fingerprint density at radius 1 is 1.10 bits per heavy atom. The molecule has 2 heterocycles. The summed E-state index contributed by atoms with van der Waals surface area (Å²) < 4.78 is 7.07. The topological polar surface area (TPSA) is 43.1 Å². The van der Waals surface area contributed by atoms with Crippen LogP contribution in [0.1, 0.15) is 0 Å². The summed E-state index contributed by atoms with van der Waals surface area (Å²) in [6.07, 6.45) is 0. The molecule has 4 aromatic rings. The molecule has 0 aliphatic heterocycles. The predicted octanol–water partition coefficient (Wildman–Crippen LogP) is 4.72. The van der Waals surface area contributed by atoms with Gasteiger partial charge >= 0.3 is 0 Å². The van der Waals surface area contributed by atoms with E-state index in [1.807, 2.05) is 36.4 Å². The van der Waals surface area contributed by atoms with Crippen molar-refractivity contribution in [3.05, 3.63) is 63.2 Å². The van der Waals surface area contributed by atoms with Crippen LogP contribution in [0.5, 0.6) is 0 Å². The molecule has 0 atom stereocenters. The highest BCUT2D eigenvalue weighted by Gasteiger charge is 2.12. The van der Waals surface area contributed by atoms with Crippen LogP contribution >= 0.6 is 22.9 Å². The molecule has 0 saturated carbocycles. The lowest BCUT2D eigenvalue weighted by Gasteiger charge is -2.03. The van der Waals surface area contributed by atoms with Crippen LogP contribution in [0, 0.1) is 0 Å². The minimum atomic E-state index is -0.0824. The molecule has 0 fully saturated rings. The summed E-state index contributed by atoms with van der Waals surface area (Å²) in [5, 5.41) is 0.539. The van der Waals surface area contributed by atoms with Crippen LogP contribution in [-0.4, -0.2) is 4.98 Å². The first-order chi connectivity index (χ1) is 10.2. The number of benzene rings is 2. The maximum Gasteiger partial charge on any atom is 0.194 e. The van der Waals surface area contributed by atoms with Crippen LogP contribution in [0.15, 0.2) is 57.7 Å². The SMILES string of the molecule is O=c1cc(-c2ccccc2)oc2ccc3nc(Cl)sc3c12. The molecule has 0 radical (unpaired) electrons. The second-order valence-corrected chi connectivity index (χ2v) is 6.18. The van der Waals surface area contributed by atoms with Crippen molar-refractivity contribution in [2.75, 3.05) is 0 Å². The summed E-state index contributed by atoms with van der Waals surface area (Å²) in [5.74, 6) is 0.558. The molecule has 0 aliphatic rings. The van der Waals surface area contributed by atoms with E-state index in [0.717, 1.165) is 15.8 Å². The van der Waals surface area contributed by atoms with Crippen LogP contribution in [0.25, 0.3) is 32.5 Å². The monoisotopic (exact) mass is 313 g/mol. The summed E-state index contributed by atoms with van der Waals surface area (Å²) in [6, 6.07) is 14.7. The lowest BCUT2D eigenvalue weighted by atomic mass is 10.1. The molecule has 2 aromatic heterocycles. The van der Waals surface area contributed by atoms with Crippen LogP contribution in [0.3, 0.4) is 0 Å². The zero-order chi connectivity index (χ0) is 14.4. The summed E-state index contributed by atoms with van der Waals surface area (Å²) in [4.78, 5) is 16.7. The predicted molar refractivity (Wildman–Crippen MR) is 86.1 cm³/mol. The first-order valence-electron chi connectivity index (χ1n) is 6.31. The third-order valence-electron chi connectivity index (χ3n) is 3.28. The van der Waals surface area contributed by atoms with Crippen molar-refractivity contribution >= 4 is 44.1 Å².